The van der Waals surface area contributed by atoms with Crippen LogP contribution in [0.1, 0.15) is 15.2 Å². The zero-order valence-electron chi connectivity index (χ0n) is 15.2. The van der Waals surface area contributed by atoms with Gasteiger partial charge in [0.25, 0.3) is 5.91 Å². The van der Waals surface area contributed by atoms with E-state index in [1.165, 1.54) is 17.4 Å². The van der Waals surface area contributed by atoms with Crippen molar-refractivity contribution >= 4 is 68.2 Å². The lowest BCUT2D eigenvalue weighted by molar-refractivity contribution is -0.115. The van der Waals surface area contributed by atoms with E-state index in [1.807, 2.05) is 36.4 Å². The number of thiophene rings is 1. The number of carbonyl (C=O) groups is 2. The highest BCUT2D eigenvalue weighted by atomic mass is 35.5. The fourth-order valence-electron chi connectivity index (χ4n) is 2.40. The Balaban J connectivity index is 1.52. The number of halogens is 1. The molecule has 0 bridgehead atoms. The van der Waals surface area contributed by atoms with Gasteiger partial charge in [0.2, 0.25) is 5.91 Å². The van der Waals surface area contributed by atoms with Crippen LogP contribution < -0.4 is 20.9 Å². The van der Waals surface area contributed by atoms with E-state index in [0.29, 0.717) is 9.90 Å². The van der Waals surface area contributed by atoms with E-state index < -0.39 is 11.8 Å². The summed E-state index contributed by atoms with van der Waals surface area (Å²) in [5.41, 5.74) is 5.76. The molecule has 6 nitrogen and oxygen atoms in total. The van der Waals surface area contributed by atoms with Crippen LogP contribution >= 0.6 is 35.2 Å². The number of fused-ring (bicyclic) bond motifs is 1. The third-order valence-corrected chi connectivity index (χ3v) is 5.69. The van der Waals surface area contributed by atoms with E-state index in [-0.39, 0.29) is 5.11 Å². The molecule has 0 aliphatic rings. The third-order valence-electron chi connectivity index (χ3n) is 3.81. The highest BCUT2D eigenvalue weighted by Crippen LogP contribution is 2.34. The largest absolute Gasteiger partial charge is 0.497 e. The molecule has 3 aromatic rings. The molecule has 0 aliphatic heterocycles. The van der Waals surface area contributed by atoms with Gasteiger partial charge in [0.1, 0.15) is 10.6 Å². The number of thiocarbonyl (C=S) groups is 1. The Kier molecular flexibility index (Phi) is 6.82. The van der Waals surface area contributed by atoms with Gasteiger partial charge in [-0.25, -0.2) is 0 Å². The molecule has 0 fully saturated rings. The van der Waals surface area contributed by atoms with Crippen molar-refractivity contribution in [2.24, 2.45) is 0 Å². The molecule has 2 aromatic carbocycles. The van der Waals surface area contributed by atoms with Gasteiger partial charge in [-0.3, -0.25) is 25.8 Å². The number of nitrogens with one attached hydrogen (secondary N) is 3. The molecule has 29 heavy (non-hydrogen) atoms. The smallest absolute Gasteiger partial charge is 0.281 e. The fourth-order valence-corrected chi connectivity index (χ4v) is 3.97. The zero-order valence-corrected chi connectivity index (χ0v) is 17.6. The maximum Gasteiger partial charge on any atom is 0.281 e. The molecule has 0 spiro atoms. The van der Waals surface area contributed by atoms with Crippen LogP contribution in [0.3, 0.4) is 0 Å². The number of methoxy groups -OCH3 is 1. The topological polar surface area (TPSA) is 79.5 Å². The van der Waals surface area contributed by atoms with Crippen LogP contribution in [0.5, 0.6) is 5.75 Å². The van der Waals surface area contributed by atoms with Gasteiger partial charge in [-0.15, -0.1) is 11.3 Å². The van der Waals surface area contributed by atoms with Crippen LogP contribution in [0, 0.1) is 0 Å². The summed E-state index contributed by atoms with van der Waals surface area (Å²) >= 11 is 12.6. The molecule has 3 N–H and O–H groups in total. The van der Waals surface area contributed by atoms with Gasteiger partial charge in [-0.1, -0.05) is 41.9 Å². The lowest BCUT2D eigenvalue weighted by atomic mass is 10.2. The fraction of sp³-hybridized carbons (Fsp3) is 0.0500. The Morgan fingerprint density at radius 2 is 1.83 bits per heavy atom. The number of carbonyl (C=O) groups excluding carboxylic acids is 2. The average molecular weight is 446 g/mol. The molecule has 1 heterocycles. The average Bonchev–Trinajstić information content (AvgIpc) is 3.08. The molecule has 0 saturated carbocycles. The highest BCUT2D eigenvalue weighted by Gasteiger charge is 2.17. The minimum absolute atomic E-state index is 0.0417. The first-order valence-electron chi connectivity index (χ1n) is 8.38. The Morgan fingerprint density at radius 1 is 1.10 bits per heavy atom. The van der Waals surface area contributed by atoms with E-state index in [4.69, 9.17) is 28.6 Å². The van der Waals surface area contributed by atoms with E-state index in [9.17, 15) is 9.59 Å². The maximum atomic E-state index is 12.3. The molecule has 2 amide bonds. The number of hydrogen-bond acceptors (Lipinski definition) is 5. The molecule has 0 radical (unpaired) electrons. The molecular weight excluding hydrogens is 430 g/mol. The Hall–Kier alpha value is -2.94. The van der Waals surface area contributed by atoms with Crippen LogP contribution in [0.4, 0.5) is 0 Å². The SMILES string of the molecule is COc1ccc(/C=C/C(=O)NC(=S)NNC(=O)c2sc3ccccc3c2Cl)cc1. The number of rotatable bonds is 4. The second-order valence-electron chi connectivity index (χ2n) is 5.75. The lowest BCUT2D eigenvalue weighted by Crippen LogP contribution is -2.48. The van der Waals surface area contributed by atoms with Crippen molar-refractivity contribution in [2.45, 2.75) is 0 Å². The number of ether oxygens (including phenoxy) is 1. The number of benzene rings is 2. The Morgan fingerprint density at radius 3 is 2.52 bits per heavy atom. The normalized spacial score (nSPS) is 10.7. The Bertz CT molecular complexity index is 1090. The van der Waals surface area contributed by atoms with Gasteiger partial charge in [-0.05, 0) is 42.1 Å². The van der Waals surface area contributed by atoms with Crippen molar-refractivity contribution in [3.63, 3.8) is 0 Å². The van der Waals surface area contributed by atoms with Gasteiger partial charge >= 0.3 is 0 Å². The number of hydrogen-bond donors (Lipinski definition) is 3. The molecule has 9 heteroatoms. The van der Waals surface area contributed by atoms with Crippen molar-refractivity contribution in [3.05, 3.63) is 70.1 Å². The van der Waals surface area contributed by atoms with Crippen LogP contribution in [0.15, 0.2) is 54.6 Å². The van der Waals surface area contributed by atoms with Gasteiger partial charge in [0.15, 0.2) is 5.11 Å². The van der Waals surface area contributed by atoms with Crippen molar-refractivity contribution in [1.29, 1.82) is 0 Å². The van der Waals surface area contributed by atoms with Crippen molar-refractivity contribution in [1.82, 2.24) is 16.2 Å². The van der Waals surface area contributed by atoms with Gasteiger partial charge < -0.3 is 4.74 Å². The zero-order chi connectivity index (χ0) is 20.8. The predicted molar refractivity (Wildman–Crippen MR) is 120 cm³/mol. The van der Waals surface area contributed by atoms with Crippen molar-refractivity contribution < 1.29 is 14.3 Å². The summed E-state index contributed by atoms with van der Waals surface area (Å²) in [6, 6.07) is 14.7. The van der Waals surface area contributed by atoms with E-state index in [0.717, 1.165) is 21.4 Å². The quantitative estimate of drug-likeness (QED) is 0.322. The summed E-state index contributed by atoms with van der Waals surface area (Å²) in [6.07, 6.45) is 2.97. The second-order valence-corrected chi connectivity index (χ2v) is 7.58. The lowest BCUT2D eigenvalue weighted by Gasteiger charge is -2.09. The first-order valence-corrected chi connectivity index (χ1v) is 9.98. The van der Waals surface area contributed by atoms with E-state index in [1.54, 1.807) is 25.3 Å². The molecule has 0 aliphatic carbocycles. The molecule has 3 rings (SSSR count). The molecular formula is C20H16ClN3O3S2. The Labute approximate surface area is 181 Å². The van der Waals surface area contributed by atoms with E-state index in [2.05, 4.69) is 16.2 Å². The number of hydrazine groups is 1. The van der Waals surface area contributed by atoms with Crippen molar-refractivity contribution in [3.8, 4) is 5.75 Å². The summed E-state index contributed by atoms with van der Waals surface area (Å²) in [6.45, 7) is 0. The molecule has 148 valence electrons. The first kappa shape index (κ1) is 20.8. The van der Waals surface area contributed by atoms with Crippen LogP contribution in [-0.4, -0.2) is 24.0 Å². The second kappa shape index (κ2) is 9.51. The summed E-state index contributed by atoms with van der Waals surface area (Å²) in [5.74, 6) is -0.152. The van der Waals surface area contributed by atoms with Gasteiger partial charge in [0.05, 0.1) is 12.1 Å². The third kappa shape index (κ3) is 5.32. The standard InChI is InChI=1S/C20H16ClN3O3S2/c1-27-13-9-6-12(7-10-13)8-11-16(25)22-20(28)24-23-19(26)18-17(21)14-4-2-3-5-15(14)29-18/h2-11H,1H3,(H,23,26)(H2,22,24,25,28)/b11-8+. The van der Waals surface area contributed by atoms with Crippen LogP contribution in [0.25, 0.3) is 16.2 Å². The van der Waals surface area contributed by atoms with E-state index >= 15 is 0 Å². The number of amides is 2. The highest BCUT2D eigenvalue weighted by molar-refractivity contribution is 7.80. The molecule has 1 aromatic heterocycles. The van der Waals surface area contributed by atoms with Crippen LogP contribution in [0.2, 0.25) is 5.02 Å². The minimum atomic E-state index is -0.443. The van der Waals surface area contributed by atoms with Gasteiger partial charge in [0, 0.05) is 16.2 Å². The minimum Gasteiger partial charge on any atom is -0.497 e. The predicted octanol–water partition coefficient (Wildman–Crippen LogP) is 3.91. The first-order chi connectivity index (χ1) is 14.0. The van der Waals surface area contributed by atoms with Crippen LogP contribution in [-0.2, 0) is 4.79 Å². The maximum absolute atomic E-state index is 12.3. The summed E-state index contributed by atoms with van der Waals surface area (Å²) in [4.78, 5) is 24.7. The molecule has 0 atom stereocenters. The van der Waals surface area contributed by atoms with Gasteiger partial charge in [-0.2, -0.15) is 0 Å². The molecule has 0 saturated heterocycles. The summed E-state index contributed by atoms with van der Waals surface area (Å²) in [5, 5.41) is 3.59. The van der Waals surface area contributed by atoms with Crippen molar-refractivity contribution in [2.75, 3.05) is 7.11 Å². The molecule has 0 unspecified atom stereocenters. The monoisotopic (exact) mass is 445 g/mol. The summed E-state index contributed by atoms with van der Waals surface area (Å²) in [7, 11) is 1.58. The summed E-state index contributed by atoms with van der Waals surface area (Å²) < 4.78 is 5.98.